The quantitative estimate of drug-likeness (QED) is 0.855. The fourth-order valence-electron chi connectivity index (χ4n) is 3.25. The van der Waals surface area contributed by atoms with Crippen molar-refractivity contribution in [3.05, 3.63) is 24.1 Å². The van der Waals surface area contributed by atoms with Gasteiger partial charge in [-0.2, -0.15) is 0 Å². The summed E-state index contributed by atoms with van der Waals surface area (Å²) in [5.41, 5.74) is 0.0313. The van der Waals surface area contributed by atoms with Crippen LogP contribution in [0.15, 0.2) is 18.3 Å². The van der Waals surface area contributed by atoms with Crippen molar-refractivity contribution >= 4 is 5.82 Å². The molecule has 0 saturated carbocycles. The molecular weight excluding hydrogens is 269 g/mol. The van der Waals surface area contributed by atoms with Crippen LogP contribution in [0.5, 0.6) is 0 Å². The highest BCUT2D eigenvalue weighted by Gasteiger charge is 2.33. The standard InChI is InChI=1S/C16H24FN3O/c1-16(2)6-5-13(21-16)12-19-8-10-20(11-9-19)15-14(17)4-3-7-18-15/h3-4,7,13H,5-6,8-12H2,1-2H3. The predicted octanol–water partition coefficient (Wildman–Crippen LogP) is 2.30. The Hall–Kier alpha value is -1.20. The molecule has 116 valence electrons. The van der Waals surface area contributed by atoms with E-state index in [1.807, 2.05) is 4.90 Å². The Balaban J connectivity index is 1.51. The van der Waals surface area contributed by atoms with Gasteiger partial charge in [-0.1, -0.05) is 0 Å². The summed E-state index contributed by atoms with van der Waals surface area (Å²) in [6.45, 7) is 8.84. The molecule has 0 amide bonds. The summed E-state index contributed by atoms with van der Waals surface area (Å²) < 4.78 is 19.8. The maximum absolute atomic E-state index is 13.7. The molecule has 0 spiro atoms. The second kappa shape index (κ2) is 5.89. The largest absolute Gasteiger partial charge is 0.371 e. The Morgan fingerprint density at radius 1 is 1.33 bits per heavy atom. The number of rotatable bonds is 3. The molecule has 1 unspecified atom stereocenters. The van der Waals surface area contributed by atoms with Gasteiger partial charge in [-0.3, -0.25) is 4.90 Å². The highest BCUT2D eigenvalue weighted by Crippen LogP contribution is 2.30. The minimum Gasteiger partial charge on any atom is -0.371 e. The summed E-state index contributed by atoms with van der Waals surface area (Å²) in [5.74, 6) is 0.252. The molecule has 0 aliphatic carbocycles. The van der Waals surface area contributed by atoms with Crippen molar-refractivity contribution < 1.29 is 9.13 Å². The van der Waals surface area contributed by atoms with Crippen molar-refractivity contribution in [1.82, 2.24) is 9.88 Å². The number of anilines is 1. The van der Waals surface area contributed by atoms with Crippen LogP contribution in [0, 0.1) is 5.82 Å². The van der Waals surface area contributed by atoms with Crippen molar-refractivity contribution in [3.8, 4) is 0 Å². The van der Waals surface area contributed by atoms with E-state index in [0.29, 0.717) is 11.9 Å². The maximum Gasteiger partial charge on any atom is 0.165 e. The Morgan fingerprint density at radius 3 is 2.71 bits per heavy atom. The summed E-state index contributed by atoms with van der Waals surface area (Å²) in [7, 11) is 0. The lowest BCUT2D eigenvalue weighted by Crippen LogP contribution is -2.49. The third-order valence-corrected chi connectivity index (χ3v) is 4.43. The number of piperazine rings is 1. The van der Waals surface area contributed by atoms with Crippen LogP contribution >= 0.6 is 0 Å². The second-order valence-electron chi connectivity index (χ2n) is 6.63. The first-order valence-corrected chi connectivity index (χ1v) is 7.79. The first-order valence-electron chi connectivity index (χ1n) is 7.79. The van der Waals surface area contributed by atoms with E-state index in [1.54, 1.807) is 12.3 Å². The maximum atomic E-state index is 13.7. The summed E-state index contributed by atoms with van der Waals surface area (Å²) in [5, 5.41) is 0. The van der Waals surface area contributed by atoms with Gasteiger partial charge in [0.25, 0.3) is 0 Å². The molecular formula is C16H24FN3O. The van der Waals surface area contributed by atoms with E-state index in [2.05, 4.69) is 23.7 Å². The molecule has 4 nitrogen and oxygen atoms in total. The average molecular weight is 293 g/mol. The van der Waals surface area contributed by atoms with Gasteiger partial charge in [0, 0.05) is 38.9 Å². The van der Waals surface area contributed by atoms with Crippen LogP contribution in [0.1, 0.15) is 26.7 Å². The van der Waals surface area contributed by atoms with Crippen molar-refractivity contribution in [2.45, 2.75) is 38.4 Å². The summed E-state index contributed by atoms with van der Waals surface area (Å²) in [6, 6.07) is 3.11. The molecule has 3 heterocycles. The van der Waals surface area contributed by atoms with Gasteiger partial charge in [-0.25, -0.2) is 9.37 Å². The lowest BCUT2D eigenvalue weighted by atomic mass is 10.1. The van der Waals surface area contributed by atoms with Crippen molar-refractivity contribution in [1.29, 1.82) is 0 Å². The van der Waals surface area contributed by atoms with Gasteiger partial charge in [0.15, 0.2) is 11.6 Å². The molecule has 1 atom stereocenters. The van der Waals surface area contributed by atoms with E-state index in [0.717, 1.165) is 45.6 Å². The number of hydrogen-bond acceptors (Lipinski definition) is 4. The topological polar surface area (TPSA) is 28.6 Å². The third kappa shape index (κ3) is 3.52. The summed E-state index contributed by atoms with van der Waals surface area (Å²) in [4.78, 5) is 8.61. The van der Waals surface area contributed by atoms with E-state index in [9.17, 15) is 4.39 Å². The minimum absolute atomic E-state index is 0.0313. The van der Waals surface area contributed by atoms with E-state index >= 15 is 0 Å². The lowest BCUT2D eigenvalue weighted by Gasteiger charge is -2.36. The molecule has 2 aliphatic rings. The van der Waals surface area contributed by atoms with Gasteiger partial charge in [0.05, 0.1) is 11.7 Å². The molecule has 0 aromatic carbocycles. The van der Waals surface area contributed by atoms with E-state index in [-0.39, 0.29) is 11.4 Å². The molecule has 2 aliphatic heterocycles. The van der Waals surface area contributed by atoms with E-state index in [1.165, 1.54) is 6.07 Å². The number of aromatic nitrogens is 1. The third-order valence-electron chi connectivity index (χ3n) is 4.43. The summed E-state index contributed by atoms with van der Waals surface area (Å²) >= 11 is 0. The van der Waals surface area contributed by atoms with E-state index < -0.39 is 0 Å². The molecule has 5 heteroatoms. The molecule has 2 fully saturated rings. The van der Waals surface area contributed by atoms with Crippen LogP contribution in [0.4, 0.5) is 10.2 Å². The normalized spacial score (nSPS) is 26.2. The predicted molar refractivity (Wildman–Crippen MR) is 81.0 cm³/mol. The van der Waals surface area contributed by atoms with Crippen molar-refractivity contribution in [3.63, 3.8) is 0 Å². The SMILES string of the molecule is CC1(C)CCC(CN2CCN(c3ncccc3F)CC2)O1. The van der Waals surface area contributed by atoms with Gasteiger partial charge in [-0.15, -0.1) is 0 Å². The lowest BCUT2D eigenvalue weighted by molar-refractivity contribution is -0.0291. The Labute approximate surface area is 125 Å². The molecule has 0 N–H and O–H groups in total. The number of hydrogen-bond donors (Lipinski definition) is 0. The monoisotopic (exact) mass is 293 g/mol. The minimum atomic E-state index is -0.230. The van der Waals surface area contributed by atoms with Gasteiger partial charge in [0.1, 0.15) is 0 Å². The molecule has 0 bridgehead atoms. The van der Waals surface area contributed by atoms with Gasteiger partial charge >= 0.3 is 0 Å². The first kappa shape index (κ1) is 14.7. The Kier molecular flexibility index (Phi) is 4.13. The van der Waals surface area contributed by atoms with Gasteiger partial charge < -0.3 is 9.64 Å². The Bertz CT molecular complexity index is 486. The van der Waals surface area contributed by atoms with Crippen LogP contribution in [-0.2, 0) is 4.74 Å². The van der Waals surface area contributed by atoms with Crippen molar-refractivity contribution in [2.24, 2.45) is 0 Å². The fraction of sp³-hybridized carbons (Fsp3) is 0.688. The number of pyridine rings is 1. The fourth-order valence-corrected chi connectivity index (χ4v) is 3.25. The van der Waals surface area contributed by atoms with Gasteiger partial charge in [-0.05, 0) is 38.8 Å². The first-order chi connectivity index (χ1) is 10.0. The molecule has 1 aromatic heterocycles. The molecule has 2 saturated heterocycles. The molecule has 3 rings (SSSR count). The number of halogens is 1. The van der Waals surface area contributed by atoms with Crippen LogP contribution < -0.4 is 4.90 Å². The second-order valence-corrected chi connectivity index (χ2v) is 6.63. The highest BCUT2D eigenvalue weighted by molar-refractivity contribution is 5.40. The number of ether oxygens (including phenoxy) is 1. The molecule has 21 heavy (non-hydrogen) atoms. The van der Waals surface area contributed by atoms with Gasteiger partial charge in [0.2, 0.25) is 0 Å². The zero-order valence-electron chi connectivity index (χ0n) is 12.9. The number of nitrogens with zero attached hydrogens (tertiary/aromatic N) is 3. The van der Waals surface area contributed by atoms with Crippen LogP contribution in [0.3, 0.4) is 0 Å². The van der Waals surface area contributed by atoms with Crippen LogP contribution in [-0.4, -0.2) is 54.3 Å². The van der Waals surface area contributed by atoms with Crippen LogP contribution in [0.2, 0.25) is 0 Å². The smallest absolute Gasteiger partial charge is 0.165 e. The summed E-state index contributed by atoms with van der Waals surface area (Å²) in [6.07, 6.45) is 4.27. The van der Waals surface area contributed by atoms with Crippen molar-refractivity contribution in [2.75, 3.05) is 37.6 Å². The average Bonchev–Trinajstić information content (AvgIpc) is 2.80. The Morgan fingerprint density at radius 2 is 2.10 bits per heavy atom. The van der Waals surface area contributed by atoms with E-state index in [4.69, 9.17) is 4.74 Å². The zero-order chi connectivity index (χ0) is 14.9. The zero-order valence-corrected chi connectivity index (χ0v) is 12.9. The highest BCUT2D eigenvalue weighted by atomic mass is 19.1. The molecule has 0 radical (unpaired) electrons. The molecule has 1 aromatic rings. The van der Waals surface area contributed by atoms with Crippen LogP contribution in [0.25, 0.3) is 0 Å².